The molecule has 0 aliphatic carbocycles. The molecule has 6 heteroatoms. The standard InChI is InChI=1S/C7H7BrINO2S/c1-4-5(8)2-3-6(7(4)9)13(10,11)12/h2-3H,1H3,(H2,10,11,12). The maximum Gasteiger partial charge on any atom is 0.239 e. The van der Waals surface area contributed by atoms with E-state index in [0.717, 1.165) is 10.0 Å². The molecule has 0 aromatic heterocycles. The van der Waals surface area contributed by atoms with Gasteiger partial charge in [-0.1, -0.05) is 15.9 Å². The molecule has 1 aromatic rings. The summed E-state index contributed by atoms with van der Waals surface area (Å²) in [5, 5.41) is 5.03. The van der Waals surface area contributed by atoms with Gasteiger partial charge in [0.05, 0.1) is 4.90 Å². The molecule has 0 unspecified atom stereocenters. The second-order valence-corrected chi connectivity index (χ2v) is 5.99. The Labute approximate surface area is 99.0 Å². The summed E-state index contributed by atoms with van der Waals surface area (Å²) in [4.78, 5) is 0.175. The van der Waals surface area contributed by atoms with Crippen LogP contribution in [0.1, 0.15) is 5.56 Å². The summed E-state index contributed by atoms with van der Waals surface area (Å²) < 4.78 is 23.7. The molecule has 0 fully saturated rings. The van der Waals surface area contributed by atoms with Crippen molar-refractivity contribution in [2.24, 2.45) is 5.14 Å². The Morgan fingerprint density at radius 3 is 2.46 bits per heavy atom. The summed E-state index contributed by atoms with van der Waals surface area (Å²) in [5.74, 6) is 0. The molecule has 0 saturated heterocycles. The summed E-state index contributed by atoms with van der Waals surface area (Å²) in [6.07, 6.45) is 0. The molecule has 1 aromatic carbocycles. The summed E-state index contributed by atoms with van der Waals surface area (Å²) in [7, 11) is -3.60. The van der Waals surface area contributed by atoms with Crippen molar-refractivity contribution in [3.63, 3.8) is 0 Å². The first kappa shape index (κ1) is 11.4. The third-order valence-electron chi connectivity index (χ3n) is 1.59. The van der Waals surface area contributed by atoms with E-state index in [-0.39, 0.29) is 4.90 Å². The highest BCUT2D eigenvalue weighted by Crippen LogP contribution is 2.26. The number of sulfonamides is 1. The Morgan fingerprint density at radius 1 is 1.46 bits per heavy atom. The number of hydrogen-bond donors (Lipinski definition) is 1. The quantitative estimate of drug-likeness (QED) is 0.763. The highest BCUT2D eigenvalue weighted by atomic mass is 127. The highest BCUT2D eigenvalue weighted by Gasteiger charge is 2.14. The predicted octanol–water partition coefficient (Wildman–Crippen LogP) is 2.01. The van der Waals surface area contributed by atoms with Crippen molar-refractivity contribution in [3.8, 4) is 0 Å². The molecule has 0 aliphatic rings. The number of primary sulfonamides is 1. The Balaban J connectivity index is 3.53. The van der Waals surface area contributed by atoms with Crippen LogP contribution in [0.3, 0.4) is 0 Å². The molecule has 72 valence electrons. The van der Waals surface area contributed by atoms with E-state index in [2.05, 4.69) is 15.9 Å². The Hall–Kier alpha value is 0.340. The molecule has 0 saturated carbocycles. The number of halogens is 2. The van der Waals surface area contributed by atoms with Gasteiger partial charge < -0.3 is 0 Å². The van der Waals surface area contributed by atoms with Crippen molar-refractivity contribution in [2.45, 2.75) is 11.8 Å². The first-order valence-electron chi connectivity index (χ1n) is 3.31. The van der Waals surface area contributed by atoms with Gasteiger partial charge in [0.25, 0.3) is 0 Å². The molecule has 1 rings (SSSR count). The molecule has 0 spiro atoms. The van der Waals surface area contributed by atoms with Crippen molar-refractivity contribution in [1.82, 2.24) is 0 Å². The van der Waals surface area contributed by atoms with Crippen LogP contribution in [-0.4, -0.2) is 8.42 Å². The molecular weight excluding hydrogens is 369 g/mol. The first-order valence-corrected chi connectivity index (χ1v) is 6.73. The van der Waals surface area contributed by atoms with E-state index in [4.69, 9.17) is 5.14 Å². The number of rotatable bonds is 1. The highest BCUT2D eigenvalue weighted by molar-refractivity contribution is 14.1. The van der Waals surface area contributed by atoms with Crippen LogP contribution in [0.5, 0.6) is 0 Å². The molecule has 0 bridgehead atoms. The maximum absolute atomic E-state index is 11.1. The van der Waals surface area contributed by atoms with Gasteiger partial charge in [0.1, 0.15) is 0 Å². The summed E-state index contributed by atoms with van der Waals surface area (Å²) in [6.45, 7) is 1.83. The van der Waals surface area contributed by atoms with Crippen LogP contribution in [0.4, 0.5) is 0 Å². The van der Waals surface area contributed by atoms with Crippen molar-refractivity contribution in [2.75, 3.05) is 0 Å². The van der Waals surface area contributed by atoms with E-state index in [1.807, 2.05) is 29.5 Å². The fourth-order valence-corrected chi connectivity index (χ4v) is 3.61. The monoisotopic (exact) mass is 375 g/mol. The lowest BCUT2D eigenvalue weighted by molar-refractivity contribution is 0.597. The van der Waals surface area contributed by atoms with Gasteiger partial charge in [0, 0.05) is 8.04 Å². The van der Waals surface area contributed by atoms with Gasteiger partial charge in [0.15, 0.2) is 0 Å². The molecule has 13 heavy (non-hydrogen) atoms. The molecule has 0 atom stereocenters. The van der Waals surface area contributed by atoms with Crippen LogP contribution in [0.25, 0.3) is 0 Å². The zero-order valence-corrected chi connectivity index (χ0v) is 11.3. The van der Waals surface area contributed by atoms with E-state index < -0.39 is 10.0 Å². The van der Waals surface area contributed by atoms with Crippen LogP contribution in [0, 0.1) is 10.5 Å². The van der Waals surface area contributed by atoms with Crippen LogP contribution < -0.4 is 5.14 Å². The minimum Gasteiger partial charge on any atom is -0.225 e. The number of hydrogen-bond acceptors (Lipinski definition) is 2. The van der Waals surface area contributed by atoms with E-state index in [1.54, 1.807) is 6.07 Å². The Kier molecular flexibility index (Phi) is 3.37. The van der Waals surface area contributed by atoms with Crippen molar-refractivity contribution < 1.29 is 8.42 Å². The fraction of sp³-hybridized carbons (Fsp3) is 0.143. The summed E-state index contributed by atoms with van der Waals surface area (Å²) in [6, 6.07) is 3.17. The lowest BCUT2D eigenvalue weighted by atomic mass is 10.2. The fourth-order valence-electron chi connectivity index (χ4n) is 0.856. The van der Waals surface area contributed by atoms with Gasteiger partial charge >= 0.3 is 0 Å². The second kappa shape index (κ2) is 3.84. The SMILES string of the molecule is Cc1c(Br)ccc(S(N)(=O)=O)c1I. The van der Waals surface area contributed by atoms with Crippen molar-refractivity contribution in [1.29, 1.82) is 0 Å². The van der Waals surface area contributed by atoms with E-state index in [1.165, 1.54) is 6.07 Å². The van der Waals surface area contributed by atoms with E-state index >= 15 is 0 Å². The number of benzene rings is 1. The minimum atomic E-state index is -3.60. The lowest BCUT2D eigenvalue weighted by Crippen LogP contribution is -2.14. The van der Waals surface area contributed by atoms with Crippen LogP contribution >= 0.6 is 38.5 Å². The summed E-state index contributed by atoms with van der Waals surface area (Å²) in [5.41, 5.74) is 0.882. The van der Waals surface area contributed by atoms with Gasteiger partial charge in [-0.3, -0.25) is 0 Å². The molecule has 0 radical (unpaired) electrons. The van der Waals surface area contributed by atoms with Crippen LogP contribution in [-0.2, 0) is 10.0 Å². The predicted molar refractivity (Wildman–Crippen MR) is 63.0 cm³/mol. The minimum absolute atomic E-state index is 0.175. The van der Waals surface area contributed by atoms with Crippen LogP contribution in [0.2, 0.25) is 0 Å². The Morgan fingerprint density at radius 2 is 2.00 bits per heavy atom. The first-order chi connectivity index (χ1) is 5.84. The molecule has 0 amide bonds. The van der Waals surface area contributed by atoms with Gasteiger partial charge in [0.2, 0.25) is 10.0 Å². The van der Waals surface area contributed by atoms with E-state index in [0.29, 0.717) is 3.57 Å². The molecule has 3 nitrogen and oxygen atoms in total. The Bertz CT molecular complexity index is 444. The molecular formula is C7H7BrINO2S. The van der Waals surface area contributed by atoms with Gasteiger partial charge in [-0.15, -0.1) is 0 Å². The summed E-state index contributed by atoms with van der Waals surface area (Å²) >= 11 is 5.27. The normalized spacial score (nSPS) is 11.7. The third-order valence-corrected chi connectivity index (χ3v) is 5.16. The second-order valence-electron chi connectivity index (χ2n) is 2.53. The zero-order valence-electron chi connectivity index (χ0n) is 6.71. The van der Waals surface area contributed by atoms with Gasteiger partial charge in [-0.2, -0.15) is 0 Å². The van der Waals surface area contributed by atoms with E-state index in [9.17, 15) is 8.42 Å². The van der Waals surface area contributed by atoms with Crippen molar-refractivity contribution in [3.05, 3.63) is 25.7 Å². The smallest absolute Gasteiger partial charge is 0.225 e. The number of nitrogens with two attached hydrogens (primary N) is 1. The van der Waals surface area contributed by atoms with Crippen LogP contribution in [0.15, 0.2) is 21.5 Å². The topological polar surface area (TPSA) is 60.2 Å². The maximum atomic E-state index is 11.1. The van der Waals surface area contributed by atoms with Gasteiger partial charge in [-0.25, -0.2) is 13.6 Å². The van der Waals surface area contributed by atoms with Gasteiger partial charge in [-0.05, 0) is 47.2 Å². The average Bonchev–Trinajstić information content (AvgIpc) is 1.98. The third kappa shape index (κ3) is 2.42. The average molecular weight is 376 g/mol. The van der Waals surface area contributed by atoms with Crippen molar-refractivity contribution >= 4 is 48.5 Å². The molecule has 0 heterocycles. The lowest BCUT2D eigenvalue weighted by Gasteiger charge is -2.06. The largest absolute Gasteiger partial charge is 0.239 e. The molecule has 0 aliphatic heterocycles. The molecule has 2 N–H and O–H groups in total. The zero-order chi connectivity index (χ0) is 10.2.